The fraction of sp³-hybridized carbons (Fsp3) is 0.786. The van der Waals surface area contributed by atoms with E-state index in [-0.39, 0.29) is 0 Å². The molecule has 1 saturated carbocycles. The molecule has 1 aromatic rings. The van der Waals surface area contributed by atoms with E-state index < -0.39 is 0 Å². The smallest absolute Gasteiger partial charge is 0.185 e. The number of aromatic nitrogens is 1. The van der Waals surface area contributed by atoms with Crippen LogP contribution in [0.5, 0.6) is 0 Å². The molecule has 1 aliphatic rings. The summed E-state index contributed by atoms with van der Waals surface area (Å²) in [5.74, 6) is 0.887. The Kier molecular flexibility index (Phi) is 5.60. The SMILES string of the molecule is COCCNCc1sc(N(C)CC2CCC2)nc1C. The van der Waals surface area contributed by atoms with Gasteiger partial charge in [0.05, 0.1) is 12.3 Å². The van der Waals surface area contributed by atoms with Gasteiger partial charge in [0.25, 0.3) is 0 Å². The molecule has 0 atom stereocenters. The van der Waals surface area contributed by atoms with E-state index in [4.69, 9.17) is 9.72 Å². The van der Waals surface area contributed by atoms with Crippen LogP contribution in [0, 0.1) is 12.8 Å². The lowest BCUT2D eigenvalue weighted by atomic mass is 9.85. The summed E-state index contributed by atoms with van der Waals surface area (Å²) in [6, 6.07) is 0. The van der Waals surface area contributed by atoms with Gasteiger partial charge < -0.3 is 15.0 Å². The zero-order valence-electron chi connectivity index (χ0n) is 12.2. The lowest BCUT2D eigenvalue weighted by molar-refractivity contribution is 0.199. The summed E-state index contributed by atoms with van der Waals surface area (Å²) in [5, 5.41) is 4.55. The molecule has 1 aliphatic carbocycles. The largest absolute Gasteiger partial charge is 0.383 e. The summed E-state index contributed by atoms with van der Waals surface area (Å²) in [7, 11) is 3.89. The van der Waals surface area contributed by atoms with Crippen LogP contribution in [-0.4, -0.2) is 38.8 Å². The van der Waals surface area contributed by atoms with E-state index >= 15 is 0 Å². The molecular formula is C14H25N3OS. The van der Waals surface area contributed by atoms with E-state index in [0.717, 1.165) is 43.0 Å². The lowest BCUT2D eigenvalue weighted by Crippen LogP contribution is -2.29. The van der Waals surface area contributed by atoms with Crippen molar-refractivity contribution in [2.45, 2.75) is 32.7 Å². The number of rotatable bonds is 8. The van der Waals surface area contributed by atoms with Gasteiger partial charge in [-0.25, -0.2) is 4.98 Å². The number of nitrogens with zero attached hydrogens (tertiary/aromatic N) is 2. The fourth-order valence-electron chi connectivity index (χ4n) is 2.26. The van der Waals surface area contributed by atoms with Crippen molar-refractivity contribution >= 4 is 16.5 Å². The van der Waals surface area contributed by atoms with E-state index in [2.05, 4.69) is 24.2 Å². The first-order chi connectivity index (χ1) is 9.20. The normalized spacial score (nSPS) is 15.5. The standard InChI is InChI=1S/C14H25N3OS/c1-11-13(9-15-7-8-18-3)19-14(16-11)17(2)10-12-5-4-6-12/h12,15H,4-10H2,1-3H3. The number of methoxy groups -OCH3 is 1. The van der Waals surface area contributed by atoms with E-state index in [1.54, 1.807) is 7.11 Å². The fourth-order valence-corrected chi connectivity index (χ4v) is 3.26. The number of anilines is 1. The maximum atomic E-state index is 5.03. The van der Waals surface area contributed by atoms with Gasteiger partial charge in [-0.05, 0) is 25.7 Å². The first kappa shape index (κ1) is 14.8. The zero-order valence-corrected chi connectivity index (χ0v) is 13.1. The number of hydrogen-bond donors (Lipinski definition) is 1. The second-order valence-electron chi connectivity index (χ2n) is 5.35. The Morgan fingerprint density at radius 2 is 2.26 bits per heavy atom. The minimum absolute atomic E-state index is 0.756. The molecule has 0 aliphatic heterocycles. The van der Waals surface area contributed by atoms with Gasteiger partial charge in [-0.2, -0.15) is 0 Å². The van der Waals surface area contributed by atoms with E-state index in [9.17, 15) is 0 Å². The Labute approximate surface area is 120 Å². The minimum atomic E-state index is 0.756. The Morgan fingerprint density at radius 1 is 1.47 bits per heavy atom. The number of aryl methyl sites for hydroxylation is 1. The van der Waals surface area contributed by atoms with Crippen molar-refractivity contribution in [3.05, 3.63) is 10.6 Å². The monoisotopic (exact) mass is 283 g/mol. The molecule has 0 amide bonds. The molecule has 4 nitrogen and oxygen atoms in total. The van der Waals surface area contributed by atoms with Crippen LogP contribution in [0.1, 0.15) is 29.8 Å². The Bertz CT molecular complexity index is 390. The first-order valence-electron chi connectivity index (χ1n) is 7.07. The van der Waals surface area contributed by atoms with Crippen LogP contribution in [-0.2, 0) is 11.3 Å². The molecular weight excluding hydrogens is 258 g/mol. The van der Waals surface area contributed by atoms with Crippen LogP contribution < -0.4 is 10.2 Å². The average molecular weight is 283 g/mol. The van der Waals surface area contributed by atoms with Crippen molar-refractivity contribution in [3.63, 3.8) is 0 Å². The quantitative estimate of drug-likeness (QED) is 0.744. The van der Waals surface area contributed by atoms with Gasteiger partial charge in [-0.15, -0.1) is 11.3 Å². The van der Waals surface area contributed by atoms with Crippen LogP contribution >= 0.6 is 11.3 Å². The molecule has 2 rings (SSSR count). The molecule has 1 aromatic heterocycles. The summed E-state index contributed by atoms with van der Waals surface area (Å²) < 4.78 is 5.03. The minimum Gasteiger partial charge on any atom is -0.383 e. The number of hydrogen-bond acceptors (Lipinski definition) is 5. The van der Waals surface area contributed by atoms with Gasteiger partial charge in [-0.3, -0.25) is 0 Å². The van der Waals surface area contributed by atoms with Crippen molar-refractivity contribution in [1.82, 2.24) is 10.3 Å². The lowest BCUT2D eigenvalue weighted by Gasteiger charge is -2.29. The van der Waals surface area contributed by atoms with Gasteiger partial charge in [0, 0.05) is 38.7 Å². The van der Waals surface area contributed by atoms with Crippen molar-refractivity contribution in [3.8, 4) is 0 Å². The molecule has 0 saturated heterocycles. The second kappa shape index (κ2) is 7.22. The molecule has 1 N–H and O–H groups in total. The van der Waals surface area contributed by atoms with Gasteiger partial charge in [0.15, 0.2) is 5.13 Å². The third-order valence-corrected chi connectivity index (χ3v) is 5.00. The van der Waals surface area contributed by atoms with Gasteiger partial charge in [-0.1, -0.05) is 6.42 Å². The van der Waals surface area contributed by atoms with Crippen molar-refractivity contribution < 1.29 is 4.74 Å². The summed E-state index contributed by atoms with van der Waals surface area (Å²) in [6.07, 6.45) is 4.18. The highest BCUT2D eigenvalue weighted by Crippen LogP contribution is 2.30. The van der Waals surface area contributed by atoms with Crippen LogP contribution in [0.25, 0.3) is 0 Å². The highest BCUT2D eigenvalue weighted by molar-refractivity contribution is 7.15. The zero-order chi connectivity index (χ0) is 13.7. The molecule has 0 unspecified atom stereocenters. The summed E-state index contributed by atoms with van der Waals surface area (Å²) in [4.78, 5) is 8.35. The van der Waals surface area contributed by atoms with Crippen molar-refractivity contribution in [2.24, 2.45) is 5.92 Å². The molecule has 108 valence electrons. The third-order valence-electron chi connectivity index (χ3n) is 3.73. The van der Waals surface area contributed by atoms with Gasteiger partial charge >= 0.3 is 0 Å². The van der Waals surface area contributed by atoms with Crippen molar-refractivity contribution in [1.29, 1.82) is 0 Å². The van der Waals surface area contributed by atoms with Gasteiger partial charge in [0.2, 0.25) is 0 Å². The van der Waals surface area contributed by atoms with Crippen LogP contribution in [0.2, 0.25) is 0 Å². The maximum Gasteiger partial charge on any atom is 0.185 e. The molecule has 5 heteroatoms. The number of nitrogens with one attached hydrogen (secondary N) is 1. The van der Waals surface area contributed by atoms with Crippen LogP contribution in [0.4, 0.5) is 5.13 Å². The summed E-state index contributed by atoms with van der Waals surface area (Å²) in [5.41, 5.74) is 1.16. The number of ether oxygens (including phenoxy) is 1. The van der Waals surface area contributed by atoms with Gasteiger partial charge in [0.1, 0.15) is 0 Å². The molecule has 19 heavy (non-hydrogen) atoms. The number of thiazole rings is 1. The van der Waals surface area contributed by atoms with E-state index in [0.29, 0.717) is 0 Å². The van der Waals surface area contributed by atoms with E-state index in [1.807, 2.05) is 11.3 Å². The highest BCUT2D eigenvalue weighted by Gasteiger charge is 2.20. The maximum absolute atomic E-state index is 5.03. The molecule has 0 aromatic carbocycles. The molecule has 0 bridgehead atoms. The highest BCUT2D eigenvalue weighted by atomic mass is 32.1. The summed E-state index contributed by atoms with van der Waals surface area (Å²) in [6.45, 7) is 5.80. The molecule has 0 radical (unpaired) electrons. The summed E-state index contributed by atoms with van der Waals surface area (Å²) >= 11 is 1.81. The molecule has 1 heterocycles. The Morgan fingerprint density at radius 3 is 2.89 bits per heavy atom. The first-order valence-corrected chi connectivity index (χ1v) is 7.89. The third kappa shape index (κ3) is 4.16. The van der Waals surface area contributed by atoms with Crippen LogP contribution in [0.15, 0.2) is 0 Å². The van der Waals surface area contributed by atoms with Crippen molar-refractivity contribution in [2.75, 3.05) is 38.8 Å². The topological polar surface area (TPSA) is 37.4 Å². The Balaban J connectivity index is 1.84. The Hall–Kier alpha value is -0.650. The van der Waals surface area contributed by atoms with Crippen LogP contribution in [0.3, 0.4) is 0 Å². The molecule has 1 fully saturated rings. The molecule has 0 spiro atoms. The predicted molar refractivity (Wildman–Crippen MR) is 81.0 cm³/mol. The predicted octanol–water partition coefficient (Wildman–Crippen LogP) is 2.42. The average Bonchev–Trinajstić information content (AvgIpc) is 2.71. The second-order valence-corrected chi connectivity index (χ2v) is 6.41. The van der Waals surface area contributed by atoms with E-state index in [1.165, 1.54) is 24.1 Å².